The van der Waals surface area contributed by atoms with E-state index >= 15 is 0 Å². The molecule has 0 radical (unpaired) electrons. The van der Waals surface area contributed by atoms with E-state index in [4.69, 9.17) is 16.7 Å². The first-order valence-electron chi connectivity index (χ1n) is 5.37. The number of hydrogen-bond acceptors (Lipinski definition) is 3. The molecule has 1 aromatic heterocycles. The van der Waals surface area contributed by atoms with Crippen LogP contribution in [0, 0.1) is 0 Å². The molecule has 1 aromatic rings. The van der Waals surface area contributed by atoms with E-state index in [0.717, 1.165) is 0 Å². The van der Waals surface area contributed by atoms with Crippen molar-refractivity contribution < 1.29 is 23.5 Å². The Morgan fingerprint density at radius 1 is 1.47 bits per heavy atom. The highest BCUT2D eigenvalue weighted by molar-refractivity contribution is 7.16. The molecule has 0 saturated carbocycles. The first kappa shape index (κ1) is 15.8. The van der Waals surface area contributed by atoms with E-state index in [2.05, 4.69) is 5.32 Å². The lowest BCUT2D eigenvalue weighted by Gasteiger charge is -2.16. The summed E-state index contributed by atoms with van der Waals surface area (Å²) in [4.78, 5) is 23.2. The van der Waals surface area contributed by atoms with Crippen molar-refractivity contribution in [2.45, 2.75) is 31.7 Å². The molecule has 0 saturated heterocycles. The molecule has 2 N–H and O–H groups in total. The van der Waals surface area contributed by atoms with Crippen molar-refractivity contribution in [3.63, 3.8) is 0 Å². The number of carbonyl (C=O) groups is 2. The first-order chi connectivity index (χ1) is 8.81. The van der Waals surface area contributed by atoms with Gasteiger partial charge in [0.05, 0.1) is 10.3 Å². The van der Waals surface area contributed by atoms with Gasteiger partial charge in [-0.15, -0.1) is 11.3 Å². The van der Waals surface area contributed by atoms with E-state index in [1.54, 1.807) is 19.1 Å². The summed E-state index contributed by atoms with van der Waals surface area (Å²) >= 11 is 6.91. The fourth-order valence-electron chi connectivity index (χ4n) is 1.39. The summed E-state index contributed by atoms with van der Waals surface area (Å²) in [5.74, 6) is -2.74. The van der Waals surface area contributed by atoms with Crippen LogP contribution in [0.25, 0.3) is 0 Å². The molecule has 2 unspecified atom stereocenters. The van der Waals surface area contributed by atoms with Crippen LogP contribution in [-0.4, -0.2) is 29.5 Å². The smallest absolute Gasteiger partial charge is 0.326 e. The van der Waals surface area contributed by atoms with Crippen LogP contribution in [0.5, 0.6) is 0 Å². The zero-order valence-electron chi connectivity index (χ0n) is 9.90. The van der Waals surface area contributed by atoms with Gasteiger partial charge in [0.25, 0.3) is 0 Å². The minimum atomic E-state index is -2.80. The van der Waals surface area contributed by atoms with Gasteiger partial charge in [-0.2, -0.15) is 0 Å². The molecule has 0 spiro atoms. The van der Waals surface area contributed by atoms with E-state index in [-0.39, 0.29) is 0 Å². The fraction of sp³-hybridized carbons (Fsp3) is 0.455. The zero-order chi connectivity index (χ0) is 14.6. The second-order valence-corrected chi connectivity index (χ2v) is 5.64. The normalized spacial score (nSPS) is 14.2. The highest BCUT2D eigenvalue weighted by atomic mass is 35.5. The highest BCUT2D eigenvalue weighted by Gasteiger charge is 2.27. The maximum absolute atomic E-state index is 12.2. The Balaban J connectivity index is 2.68. The molecule has 106 valence electrons. The van der Waals surface area contributed by atoms with Gasteiger partial charge in [0.15, 0.2) is 0 Å². The van der Waals surface area contributed by atoms with Gasteiger partial charge < -0.3 is 10.4 Å². The summed E-state index contributed by atoms with van der Waals surface area (Å²) in [7, 11) is 0. The lowest BCUT2D eigenvalue weighted by Crippen LogP contribution is -2.43. The monoisotopic (exact) mass is 311 g/mol. The molecule has 4 nitrogen and oxygen atoms in total. The number of hydrogen-bond donors (Lipinski definition) is 2. The Morgan fingerprint density at radius 3 is 2.53 bits per heavy atom. The number of carboxylic acid groups (broad SMARTS) is 1. The summed E-state index contributed by atoms with van der Waals surface area (Å²) in [6, 6.07) is 1.66. The lowest BCUT2D eigenvalue weighted by atomic mass is 10.1. The second kappa shape index (κ2) is 6.81. The van der Waals surface area contributed by atoms with Crippen molar-refractivity contribution >= 4 is 34.8 Å². The number of carboxylic acids is 1. The number of thiophene rings is 1. The van der Waals surface area contributed by atoms with Crippen molar-refractivity contribution in [2.24, 2.45) is 0 Å². The summed E-state index contributed by atoms with van der Waals surface area (Å²) in [5.41, 5.74) is 0. The Bertz CT molecular complexity index is 467. The zero-order valence-corrected chi connectivity index (χ0v) is 11.5. The minimum Gasteiger partial charge on any atom is -0.480 e. The van der Waals surface area contributed by atoms with Gasteiger partial charge in [-0.25, -0.2) is 13.6 Å². The van der Waals surface area contributed by atoms with Gasteiger partial charge >= 0.3 is 5.97 Å². The third-order valence-corrected chi connectivity index (χ3v) is 3.86. The maximum atomic E-state index is 12.2. The number of nitrogens with one attached hydrogen (secondary N) is 1. The van der Waals surface area contributed by atoms with Crippen LogP contribution in [0.4, 0.5) is 8.78 Å². The average Bonchev–Trinajstić information content (AvgIpc) is 2.73. The van der Waals surface area contributed by atoms with Crippen molar-refractivity contribution in [3.05, 3.63) is 21.3 Å². The molecule has 0 bridgehead atoms. The second-order valence-electron chi connectivity index (χ2n) is 3.89. The summed E-state index contributed by atoms with van der Waals surface area (Å²) in [5, 5.41) is 10.9. The molecule has 0 aromatic carbocycles. The molecule has 0 fully saturated rings. The lowest BCUT2D eigenvalue weighted by molar-refractivity contribution is -0.143. The van der Waals surface area contributed by atoms with Crippen LogP contribution in [-0.2, 0) is 9.59 Å². The third-order valence-electron chi connectivity index (χ3n) is 2.44. The summed E-state index contributed by atoms with van der Waals surface area (Å²) < 4.78 is 24.9. The highest BCUT2D eigenvalue weighted by Crippen LogP contribution is 2.28. The predicted octanol–water partition coefficient (Wildman–Crippen LogP) is 2.73. The SMILES string of the molecule is CC(C(=O)NC(CC(F)F)C(=O)O)c1ccc(Cl)s1. The largest absolute Gasteiger partial charge is 0.480 e. The van der Waals surface area contributed by atoms with Crippen LogP contribution >= 0.6 is 22.9 Å². The molecule has 1 heterocycles. The van der Waals surface area contributed by atoms with Gasteiger partial charge in [-0.05, 0) is 19.1 Å². The number of carbonyl (C=O) groups excluding carboxylic acids is 1. The summed E-state index contributed by atoms with van der Waals surface area (Å²) in [6.07, 6.45) is -3.72. The van der Waals surface area contributed by atoms with E-state index in [1.165, 1.54) is 11.3 Å². The minimum absolute atomic E-state index is 0.497. The molecule has 0 aliphatic heterocycles. The number of rotatable bonds is 6. The Morgan fingerprint density at radius 2 is 2.11 bits per heavy atom. The van der Waals surface area contributed by atoms with Crippen LogP contribution < -0.4 is 5.32 Å². The molecule has 1 rings (SSSR count). The Hall–Kier alpha value is -1.21. The molecule has 19 heavy (non-hydrogen) atoms. The van der Waals surface area contributed by atoms with Crippen LogP contribution in [0.1, 0.15) is 24.1 Å². The molecular weight excluding hydrogens is 300 g/mol. The van der Waals surface area contributed by atoms with Gasteiger partial charge in [-0.1, -0.05) is 11.6 Å². The number of alkyl halides is 2. The van der Waals surface area contributed by atoms with Crippen LogP contribution in [0.3, 0.4) is 0 Å². The van der Waals surface area contributed by atoms with Crippen LogP contribution in [0.2, 0.25) is 4.34 Å². The number of halogens is 3. The van der Waals surface area contributed by atoms with Crippen molar-refractivity contribution in [2.75, 3.05) is 0 Å². The molecule has 0 aliphatic carbocycles. The molecule has 1 amide bonds. The van der Waals surface area contributed by atoms with Crippen molar-refractivity contribution in [3.8, 4) is 0 Å². The standard InChI is InChI=1S/C11H12ClF2NO3S/c1-5(7-2-3-8(12)19-7)10(16)15-6(11(17)18)4-9(13)14/h2-3,5-6,9H,4H2,1H3,(H,15,16)(H,17,18). The molecule has 0 aliphatic rings. The van der Waals surface area contributed by atoms with Gasteiger partial charge in [0.1, 0.15) is 6.04 Å². The molecule has 8 heteroatoms. The first-order valence-corrected chi connectivity index (χ1v) is 6.57. The van der Waals surface area contributed by atoms with E-state index in [1.807, 2.05) is 0 Å². The topological polar surface area (TPSA) is 66.4 Å². The number of amides is 1. The van der Waals surface area contributed by atoms with Crippen LogP contribution in [0.15, 0.2) is 12.1 Å². The number of aliphatic carboxylic acids is 1. The summed E-state index contributed by atoms with van der Waals surface area (Å²) in [6.45, 7) is 1.55. The molecule has 2 atom stereocenters. The fourth-order valence-corrected chi connectivity index (χ4v) is 2.50. The van der Waals surface area contributed by atoms with E-state index in [9.17, 15) is 18.4 Å². The van der Waals surface area contributed by atoms with Crippen molar-refractivity contribution in [1.29, 1.82) is 0 Å². The van der Waals surface area contributed by atoms with E-state index in [0.29, 0.717) is 9.21 Å². The molecular formula is C11H12ClF2NO3S. The predicted molar refractivity (Wildman–Crippen MR) is 67.9 cm³/mol. The van der Waals surface area contributed by atoms with Gasteiger partial charge in [-0.3, -0.25) is 4.79 Å². The third kappa shape index (κ3) is 4.76. The maximum Gasteiger partial charge on any atom is 0.326 e. The quantitative estimate of drug-likeness (QED) is 0.849. The van der Waals surface area contributed by atoms with Gasteiger partial charge in [0.2, 0.25) is 12.3 Å². The van der Waals surface area contributed by atoms with Gasteiger partial charge in [0, 0.05) is 11.3 Å². The Labute approximate surface area is 117 Å². The average molecular weight is 312 g/mol. The van der Waals surface area contributed by atoms with E-state index < -0.39 is 36.7 Å². The Kier molecular flexibility index (Phi) is 5.68. The van der Waals surface area contributed by atoms with Crippen molar-refractivity contribution in [1.82, 2.24) is 5.32 Å².